The molecule has 0 saturated carbocycles. The van der Waals surface area contributed by atoms with Gasteiger partial charge in [-0.05, 0) is 50.6 Å². The van der Waals surface area contributed by atoms with Gasteiger partial charge in [-0.1, -0.05) is 97.6 Å². The van der Waals surface area contributed by atoms with E-state index in [0.29, 0.717) is 5.92 Å². The average molecular weight is 338 g/mol. The number of rotatable bonds is 18. The first-order valence-corrected chi connectivity index (χ1v) is 10.9. The Morgan fingerprint density at radius 3 is 1.62 bits per heavy atom. The number of nitrogens with one attached hydrogen (secondary N) is 1. The first kappa shape index (κ1) is 23.7. The molecule has 0 unspecified atom stereocenters. The Morgan fingerprint density at radius 1 is 0.667 bits per heavy atom. The molecule has 0 atom stereocenters. The second-order valence-electron chi connectivity index (χ2n) is 8.38. The highest BCUT2D eigenvalue weighted by atomic mass is 14.8. The van der Waals surface area contributed by atoms with Gasteiger partial charge >= 0.3 is 0 Å². The summed E-state index contributed by atoms with van der Waals surface area (Å²) in [5, 5.41) is 3.61. The second kappa shape index (κ2) is 17.5. The van der Waals surface area contributed by atoms with Crippen molar-refractivity contribution in [2.75, 3.05) is 13.1 Å². The van der Waals surface area contributed by atoms with E-state index >= 15 is 0 Å². The average Bonchev–Trinajstić information content (AvgIpc) is 2.53. The maximum absolute atomic E-state index is 4.16. The Morgan fingerprint density at radius 2 is 1.12 bits per heavy atom. The predicted octanol–water partition coefficient (Wildman–Crippen LogP) is 7.52. The van der Waals surface area contributed by atoms with Crippen molar-refractivity contribution in [1.29, 1.82) is 0 Å². The Hall–Kier alpha value is -0.300. The zero-order valence-electron chi connectivity index (χ0n) is 17.5. The van der Waals surface area contributed by atoms with Gasteiger partial charge in [0.15, 0.2) is 0 Å². The van der Waals surface area contributed by atoms with Crippen LogP contribution in [0.4, 0.5) is 0 Å². The first-order valence-electron chi connectivity index (χ1n) is 10.9. The molecule has 0 amide bonds. The number of allylic oxidation sites excluding steroid dienone is 1. The zero-order valence-corrected chi connectivity index (χ0v) is 17.5. The topological polar surface area (TPSA) is 12.0 Å². The summed E-state index contributed by atoms with van der Waals surface area (Å²) in [4.78, 5) is 0. The first-order chi connectivity index (χ1) is 11.5. The molecule has 0 aromatic rings. The molecule has 0 radical (unpaired) electrons. The lowest BCUT2D eigenvalue weighted by Gasteiger charge is -2.09. The fourth-order valence-electron chi connectivity index (χ4n) is 3.06. The quantitative estimate of drug-likeness (QED) is 0.201. The SMILES string of the molecule is C=C(CCCCCCCCNCCCCCCCC(C)C)C(C)C. The van der Waals surface area contributed by atoms with E-state index in [1.54, 1.807) is 0 Å². The summed E-state index contributed by atoms with van der Waals surface area (Å²) in [5.74, 6) is 1.54. The van der Waals surface area contributed by atoms with Crippen LogP contribution in [0.1, 0.15) is 111 Å². The van der Waals surface area contributed by atoms with E-state index in [0.717, 1.165) is 5.92 Å². The molecule has 1 nitrogen and oxygen atoms in total. The molecule has 0 spiro atoms. The summed E-state index contributed by atoms with van der Waals surface area (Å²) < 4.78 is 0. The Balaban J connectivity index is 3.06. The van der Waals surface area contributed by atoms with E-state index in [2.05, 4.69) is 39.6 Å². The van der Waals surface area contributed by atoms with E-state index in [1.165, 1.54) is 102 Å². The van der Waals surface area contributed by atoms with Gasteiger partial charge in [-0.3, -0.25) is 0 Å². The van der Waals surface area contributed by atoms with Crippen LogP contribution in [0, 0.1) is 11.8 Å². The molecule has 0 heterocycles. The molecule has 1 heteroatoms. The van der Waals surface area contributed by atoms with Crippen LogP contribution in [0.25, 0.3) is 0 Å². The summed E-state index contributed by atoms with van der Waals surface area (Å²) in [5.41, 5.74) is 1.43. The van der Waals surface area contributed by atoms with Crippen molar-refractivity contribution in [2.45, 2.75) is 111 Å². The van der Waals surface area contributed by atoms with E-state index in [4.69, 9.17) is 0 Å². The zero-order chi connectivity index (χ0) is 18.0. The second-order valence-corrected chi connectivity index (χ2v) is 8.38. The van der Waals surface area contributed by atoms with Crippen LogP contribution >= 0.6 is 0 Å². The molecule has 0 saturated heterocycles. The van der Waals surface area contributed by atoms with Gasteiger partial charge in [0.05, 0.1) is 0 Å². The van der Waals surface area contributed by atoms with Crippen LogP contribution in [0.15, 0.2) is 12.2 Å². The lowest BCUT2D eigenvalue weighted by molar-refractivity contribution is 0.506. The summed E-state index contributed by atoms with van der Waals surface area (Å²) >= 11 is 0. The summed E-state index contributed by atoms with van der Waals surface area (Å²) in [6.07, 6.45) is 18.0. The molecule has 0 fully saturated rings. The Bertz CT molecular complexity index is 267. The lowest BCUT2D eigenvalue weighted by Crippen LogP contribution is -2.16. The monoisotopic (exact) mass is 337 g/mol. The largest absolute Gasteiger partial charge is 0.317 e. The maximum Gasteiger partial charge on any atom is -0.00489 e. The minimum Gasteiger partial charge on any atom is -0.317 e. The summed E-state index contributed by atoms with van der Waals surface area (Å²) in [6.45, 7) is 15.8. The van der Waals surface area contributed by atoms with Crippen LogP contribution in [0.5, 0.6) is 0 Å². The molecule has 24 heavy (non-hydrogen) atoms. The van der Waals surface area contributed by atoms with E-state index in [1.807, 2.05) is 0 Å². The third kappa shape index (κ3) is 18.0. The van der Waals surface area contributed by atoms with Crippen molar-refractivity contribution in [3.63, 3.8) is 0 Å². The molecular formula is C23H47N. The van der Waals surface area contributed by atoms with Gasteiger partial charge in [0.25, 0.3) is 0 Å². The van der Waals surface area contributed by atoms with Crippen LogP contribution in [-0.4, -0.2) is 13.1 Å². The highest BCUT2D eigenvalue weighted by molar-refractivity contribution is 4.96. The van der Waals surface area contributed by atoms with Gasteiger partial charge < -0.3 is 5.32 Å². The lowest BCUT2D eigenvalue weighted by atomic mass is 9.98. The molecule has 0 aliphatic rings. The molecule has 144 valence electrons. The van der Waals surface area contributed by atoms with E-state index < -0.39 is 0 Å². The highest BCUT2D eigenvalue weighted by Crippen LogP contribution is 2.16. The molecule has 0 aromatic heterocycles. The standard InChI is InChI=1S/C23H47N/c1-21(2)17-13-9-8-12-16-20-24-19-15-11-7-6-10-14-18-23(5)22(3)4/h21-22,24H,5-20H2,1-4H3. The van der Waals surface area contributed by atoms with Crippen molar-refractivity contribution >= 4 is 0 Å². The van der Waals surface area contributed by atoms with Gasteiger partial charge in [-0.25, -0.2) is 0 Å². The van der Waals surface area contributed by atoms with Crippen molar-refractivity contribution in [1.82, 2.24) is 5.32 Å². The van der Waals surface area contributed by atoms with Crippen LogP contribution in [0.3, 0.4) is 0 Å². The van der Waals surface area contributed by atoms with Crippen LogP contribution in [-0.2, 0) is 0 Å². The minimum atomic E-state index is 0.663. The van der Waals surface area contributed by atoms with Crippen molar-refractivity contribution in [3.8, 4) is 0 Å². The van der Waals surface area contributed by atoms with Crippen molar-refractivity contribution in [2.24, 2.45) is 11.8 Å². The van der Waals surface area contributed by atoms with Gasteiger partial charge in [-0.15, -0.1) is 0 Å². The van der Waals surface area contributed by atoms with Gasteiger partial charge in [-0.2, -0.15) is 0 Å². The highest BCUT2D eigenvalue weighted by Gasteiger charge is 1.99. The fraction of sp³-hybridized carbons (Fsp3) is 0.913. The fourth-order valence-corrected chi connectivity index (χ4v) is 3.06. The Labute approximate surface area is 154 Å². The van der Waals surface area contributed by atoms with E-state index in [9.17, 15) is 0 Å². The number of unbranched alkanes of at least 4 members (excludes halogenated alkanes) is 9. The summed E-state index contributed by atoms with van der Waals surface area (Å²) in [6, 6.07) is 0. The molecule has 1 N–H and O–H groups in total. The molecule has 0 aliphatic carbocycles. The normalized spacial score (nSPS) is 11.6. The number of hydrogen-bond donors (Lipinski definition) is 1. The minimum absolute atomic E-state index is 0.663. The maximum atomic E-state index is 4.16. The van der Waals surface area contributed by atoms with Crippen LogP contribution < -0.4 is 5.32 Å². The molecule has 0 rings (SSSR count). The van der Waals surface area contributed by atoms with E-state index in [-0.39, 0.29) is 0 Å². The molecule has 0 aromatic carbocycles. The van der Waals surface area contributed by atoms with Gasteiger partial charge in [0, 0.05) is 0 Å². The predicted molar refractivity (Wildman–Crippen MR) is 112 cm³/mol. The van der Waals surface area contributed by atoms with Gasteiger partial charge in [0.1, 0.15) is 0 Å². The number of hydrogen-bond acceptors (Lipinski definition) is 1. The summed E-state index contributed by atoms with van der Waals surface area (Å²) in [7, 11) is 0. The molecular weight excluding hydrogens is 290 g/mol. The molecule has 0 aliphatic heterocycles. The third-order valence-corrected chi connectivity index (χ3v) is 5.05. The molecule has 0 bridgehead atoms. The van der Waals surface area contributed by atoms with Crippen molar-refractivity contribution in [3.05, 3.63) is 12.2 Å². The van der Waals surface area contributed by atoms with Crippen molar-refractivity contribution < 1.29 is 0 Å². The third-order valence-electron chi connectivity index (χ3n) is 5.05. The van der Waals surface area contributed by atoms with Crippen LogP contribution in [0.2, 0.25) is 0 Å². The van der Waals surface area contributed by atoms with Gasteiger partial charge in [0.2, 0.25) is 0 Å². The smallest absolute Gasteiger partial charge is 0.00489 e. The Kier molecular flexibility index (Phi) is 17.3.